The Bertz CT molecular complexity index is 201. The summed E-state index contributed by atoms with van der Waals surface area (Å²) in [5.41, 5.74) is 0. The van der Waals surface area contributed by atoms with Crippen molar-refractivity contribution in [2.45, 2.75) is 64.4 Å². The summed E-state index contributed by atoms with van der Waals surface area (Å²) in [5, 5.41) is 10.8. The highest BCUT2D eigenvalue weighted by atomic mass is 79.9. The molecule has 0 aromatic rings. The summed E-state index contributed by atoms with van der Waals surface area (Å²) < 4.78 is 0. The van der Waals surface area contributed by atoms with Crippen LogP contribution in [0.15, 0.2) is 0 Å². The van der Waals surface area contributed by atoms with Crippen LogP contribution in [0.25, 0.3) is 0 Å². The van der Waals surface area contributed by atoms with E-state index in [1.807, 2.05) is 0 Å². The molecule has 0 spiro atoms. The molecule has 0 aromatic heterocycles. The monoisotopic (exact) mass is 319 g/mol. The van der Waals surface area contributed by atoms with E-state index < -0.39 is 0 Å². The second kappa shape index (κ2) is 10.2. The van der Waals surface area contributed by atoms with Gasteiger partial charge in [-0.2, -0.15) is 0 Å². The van der Waals surface area contributed by atoms with E-state index in [0.29, 0.717) is 5.92 Å². The molecule has 3 heteroatoms. The maximum atomic E-state index is 9.68. The molecule has 1 heterocycles. The summed E-state index contributed by atoms with van der Waals surface area (Å²) >= 11 is 3.47. The van der Waals surface area contributed by atoms with Crippen LogP contribution in [0.1, 0.15) is 58.3 Å². The zero-order valence-corrected chi connectivity index (χ0v) is 13.5. The SMILES string of the molecule is CC1CN(CCCCCCCCCBr)CCC1O. The first kappa shape index (κ1) is 16.5. The van der Waals surface area contributed by atoms with Gasteiger partial charge in [0, 0.05) is 18.4 Å². The Labute approximate surface area is 121 Å². The summed E-state index contributed by atoms with van der Waals surface area (Å²) in [7, 11) is 0. The molecule has 1 saturated heterocycles. The fourth-order valence-corrected chi connectivity index (χ4v) is 3.13. The Morgan fingerprint density at radius 3 is 2.28 bits per heavy atom. The van der Waals surface area contributed by atoms with Crippen LogP contribution in [0.5, 0.6) is 0 Å². The lowest BCUT2D eigenvalue weighted by atomic mass is 9.96. The number of hydrogen-bond acceptors (Lipinski definition) is 2. The number of aliphatic hydroxyl groups is 1. The molecule has 0 aliphatic carbocycles. The number of aliphatic hydroxyl groups excluding tert-OH is 1. The third-order valence-corrected chi connectivity index (χ3v) is 4.61. The quantitative estimate of drug-likeness (QED) is 0.516. The molecular formula is C15H30BrNO. The van der Waals surface area contributed by atoms with E-state index >= 15 is 0 Å². The number of likely N-dealkylation sites (tertiary alicyclic amines) is 1. The third kappa shape index (κ3) is 7.10. The van der Waals surface area contributed by atoms with Crippen LogP contribution in [0, 0.1) is 5.92 Å². The number of hydrogen-bond donors (Lipinski definition) is 1. The van der Waals surface area contributed by atoms with E-state index in [1.54, 1.807) is 0 Å². The van der Waals surface area contributed by atoms with Crippen molar-refractivity contribution in [3.8, 4) is 0 Å². The van der Waals surface area contributed by atoms with Crippen molar-refractivity contribution in [3.63, 3.8) is 0 Å². The van der Waals surface area contributed by atoms with Crippen molar-refractivity contribution in [3.05, 3.63) is 0 Å². The topological polar surface area (TPSA) is 23.5 Å². The van der Waals surface area contributed by atoms with E-state index in [-0.39, 0.29) is 6.10 Å². The van der Waals surface area contributed by atoms with Gasteiger partial charge in [0.25, 0.3) is 0 Å². The van der Waals surface area contributed by atoms with E-state index in [1.165, 1.54) is 51.5 Å². The molecule has 1 fully saturated rings. The summed E-state index contributed by atoms with van der Waals surface area (Å²) in [6.07, 6.45) is 10.5. The van der Waals surface area contributed by atoms with E-state index in [0.717, 1.165) is 24.8 Å². The average molecular weight is 320 g/mol. The Kier molecular flexibility index (Phi) is 9.34. The van der Waals surface area contributed by atoms with Gasteiger partial charge in [0.2, 0.25) is 0 Å². The standard InChI is InChI=1S/C15H30BrNO/c1-14-13-17(12-9-15(14)18)11-8-6-4-2-3-5-7-10-16/h14-15,18H,2-13H2,1H3. The number of halogens is 1. The summed E-state index contributed by atoms with van der Waals surface area (Å²) in [5.74, 6) is 0.461. The minimum absolute atomic E-state index is 0.0596. The van der Waals surface area contributed by atoms with Crippen molar-refractivity contribution in [1.29, 1.82) is 0 Å². The zero-order chi connectivity index (χ0) is 13.2. The van der Waals surface area contributed by atoms with E-state index in [2.05, 4.69) is 27.8 Å². The second-order valence-electron chi connectivity index (χ2n) is 5.80. The van der Waals surface area contributed by atoms with Gasteiger partial charge in [-0.25, -0.2) is 0 Å². The number of rotatable bonds is 9. The maximum Gasteiger partial charge on any atom is 0.0590 e. The first-order chi connectivity index (χ1) is 8.74. The first-order valence-corrected chi connectivity index (χ1v) is 8.82. The predicted molar refractivity (Wildman–Crippen MR) is 82.3 cm³/mol. The molecule has 2 unspecified atom stereocenters. The number of alkyl halides is 1. The maximum absolute atomic E-state index is 9.68. The van der Waals surface area contributed by atoms with Gasteiger partial charge in [0.1, 0.15) is 0 Å². The highest BCUT2D eigenvalue weighted by Crippen LogP contribution is 2.17. The van der Waals surface area contributed by atoms with Gasteiger partial charge in [-0.05, 0) is 31.7 Å². The van der Waals surface area contributed by atoms with Gasteiger partial charge in [-0.1, -0.05) is 55.0 Å². The third-order valence-electron chi connectivity index (χ3n) is 4.05. The molecular weight excluding hydrogens is 290 g/mol. The first-order valence-electron chi connectivity index (χ1n) is 7.70. The van der Waals surface area contributed by atoms with Gasteiger partial charge in [0.05, 0.1) is 6.10 Å². The van der Waals surface area contributed by atoms with E-state index in [9.17, 15) is 5.11 Å². The summed E-state index contributed by atoms with van der Waals surface area (Å²) in [4.78, 5) is 2.53. The smallest absolute Gasteiger partial charge is 0.0590 e. The minimum atomic E-state index is -0.0596. The number of piperidine rings is 1. The molecule has 0 saturated carbocycles. The Morgan fingerprint density at radius 2 is 1.67 bits per heavy atom. The van der Waals surface area contributed by atoms with Crippen molar-refractivity contribution in [2.24, 2.45) is 5.92 Å². The van der Waals surface area contributed by atoms with Crippen molar-refractivity contribution >= 4 is 15.9 Å². The lowest BCUT2D eigenvalue weighted by Gasteiger charge is -2.34. The molecule has 1 aliphatic rings. The number of nitrogens with zero attached hydrogens (tertiary/aromatic N) is 1. The van der Waals surface area contributed by atoms with E-state index in [4.69, 9.17) is 0 Å². The number of unbranched alkanes of at least 4 members (excludes halogenated alkanes) is 6. The molecule has 0 amide bonds. The lowest BCUT2D eigenvalue weighted by Crippen LogP contribution is -2.42. The van der Waals surface area contributed by atoms with Gasteiger partial charge in [-0.15, -0.1) is 0 Å². The minimum Gasteiger partial charge on any atom is -0.393 e. The molecule has 0 aromatic carbocycles. The van der Waals surface area contributed by atoms with Gasteiger partial charge in [-0.3, -0.25) is 0 Å². The molecule has 2 nitrogen and oxygen atoms in total. The van der Waals surface area contributed by atoms with Crippen LogP contribution in [0.3, 0.4) is 0 Å². The van der Waals surface area contributed by atoms with Crippen LogP contribution in [0.4, 0.5) is 0 Å². The second-order valence-corrected chi connectivity index (χ2v) is 6.59. The fourth-order valence-electron chi connectivity index (χ4n) is 2.74. The largest absolute Gasteiger partial charge is 0.393 e. The molecule has 1 N–H and O–H groups in total. The normalized spacial score (nSPS) is 25.5. The predicted octanol–water partition coefficient (Wildman–Crippen LogP) is 3.81. The lowest BCUT2D eigenvalue weighted by molar-refractivity contribution is 0.0345. The molecule has 1 aliphatic heterocycles. The molecule has 0 radical (unpaired) electrons. The Hall–Kier alpha value is 0.400. The van der Waals surface area contributed by atoms with Crippen molar-refractivity contribution in [1.82, 2.24) is 4.90 Å². The molecule has 108 valence electrons. The molecule has 2 atom stereocenters. The highest BCUT2D eigenvalue weighted by Gasteiger charge is 2.23. The van der Waals surface area contributed by atoms with Crippen LogP contribution in [-0.4, -0.2) is 41.1 Å². The van der Waals surface area contributed by atoms with Crippen LogP contribution in [0.2, 0.25) is 0 Å². The summed E-state index contributed by atoms with van der Waals surface area (Å²) in [6.45, 7) is 5.59. The van der Waals surface area contributed by atoms with Gasteiger partial charge < -0.3 is 10.0 Å². The van der Waals surface area contributed by atoms with Crippen LogP contribution < -0.4 is 0 Å². The molecule has 18 heavy (non-hydrogen) atoms. The van der Waals surface area contributed by atoms with Crippen LogP contribution in [-0.2, 0) is 0 Å². The Morgan fingerprint density at radius 1 is 1.06 bits per heavy atom. The fraction of sp³-hybridized carbons (Fsp3) is 1.00. The summed E-state index contributed by atoms with van der Waals surface area (Å²) in [6, 6.07) is 0. The highest BCUT2D eigenvalue weighted by molar-refractivity contribution is 9.09. The van der Waals surface area contributed by atoms with Gasteiger partial charge >= 0.3 is 0 Å². The molecule has 0 bridgehead atoms. The van der Waals surface area contributed by atoms with Crippen LogP contribution >= 0.6 is 15.9 Å². The zero-order valence-electron chi connectivity index (χ0n) is 11.9. The van der Waals surface area contributed by atoms with Crippen molar-refractivity contribution in [2.75, 3.05) is 25.0 Å². The van der Waals surface area contributed by atoms with Crippen molar-refractivity contribution < 1.29 is 5.11 Å². The Balaban J connectivity index is 1.89. The molecule has 1 rings (SSSR count). The average Bonchev–Trinajstić information content (AvgIpc) is 2.37. The van der Waals surface area contributed by atoms with Gasteiger partial charge in [0.15, 0.2) is 0 Å².